The van der Waals surface area contributed by atoms with E-state index in [1.165, 1.54) is 60.1 Å². The maximum Gasteiger partial charge on any atom is 0.311 e. The molecule has 5 aliphatic carbocycles. The van der Waals surface area contributed by atoms with Crippen molar-refractivity contribution in [1.82, 2.24) is 0 Å². The van der Waals surface area contributed by atoms with Crippen LogP contribution >= 0.6 is 0 Å². The lowest BCUT2D eigenvalue weighted by molar-refractivity contribution is -0.170. The standard InChI is InChI=1S/C29H34O2.C22H32O2.C18H15S.C14H20O4.C10H14O/c1-4-6-15-29(31-23-18-16-22(17-19-23)21(3)5-2)30-20-28-26-13-9-7-11-24(26)25-12-8-10-14-27(25)28;1-6-15(4)17-9-11-20(12-10-17)24-22(23-14(2)3)21-16(5)18-7-8-19(21)13-18;1-4-10-16(11-5-1)19(17-12-6-2-7-13-17)18-14-8-3-9-15-18;1-4-14(2,3)13(16)18-10-7-5-8-9(6-7)12(15)17-11(8)10;1-3-8(2)9-4-6-10(11)7-5-9/h7-14,16-19,21,28-29H,4-6,15,20H2,1-3H3;7-12,14-16,18-19,21-22H,6,13H2,1-5H3;1-15H;7-11H,4-6H2,1-3H3;4-8,11H,3H2,1-2H3/q;;+1;;. The monoisotopic (exact) mass is 1410 g/mol. The second-order valence-electron chi connectivity index (χ2n) is 30.2. The second kappa shape index (κ2) is 37.2. The zero-order valence-corrected chi connectivity index (χ0v) is 64.3. The van der Waals surface area contributed by atoms with E-state index in [1.54, 1.807) is 12.1 Å². The molecule has 1 N–H and O–H groups in total. The molecule has 14 atom stereocenters. The van der Waals surface area contributed by atoms with E-state index in [2.05, 4.69) is 269 Å². The Morgan fingerprint density at radius 3 is 1.50 bits per heavy atom. The minimum absolute atomic E-state index is 0.0146. The molecule has 9 nitrogen and oxygen atoms in total. The maximum atomic E-state index is 12.1. The summed E-state index contributed by atoms with van der Waals surface area (Å²) in [7, 11) is -0.0146. The number of hydrogen-bond acceptors (Lipinski definition) is 9. The summed E-state index contributed by atoms with van der Waals surface area (Å²) < 4.78 is 36.3. The van der Waals surface area contributed by atoms with Crippen LogP contribution in [0.2, 0.25) is 0 Å². The molecular formula is C93H115O9S+. The lowest BCUT2D eigenvalue weighted by Gasteiger charge is -2.34. The number of fused-ring (bicyclic) bond motifs is 6. The molecule has 103 heavy (non-hydrogen) atoms. The van der Waals surface area contributed by atoms with Crippen LogP contribution in [0.1, 0.15) is 206 Å². The summed E-state index contributed by atoms with van der Waals surface area (Å²) in [5, 5.41) is 9.01. The summed E-state index contributed by atoms with van der Waals surface area (Å²) in [6.07, 6.45) is 14.6. The molecule has 4 fully saturated rings. The van der Waals surface area contributed by atoms with E-state index in [9.17, 15) is 9.59 Å². The maximum absolute atomic E-state index is 12.1. The largest absolute Gasteiger partial charge is 0.508 e. The minimum Gasteiger partial charge on any atom is -0.508 e. The number of benzene rings is 8. The van der Waals surface area contributed by atoms with Gasteiger partial charge in [0.1, 0.15) is 29.5 Å². The Bertz CT molecular complexity index is 3770. The first-order valence-electron chi connectivity index (χ1n) is 38.6. The Balaban J connectivity index is 0.000000143. The number of carbonyl (C=O) groups excluding carboxylic acids is 2. The van der Waals surface area contributed by atoms with Gasteiger partial charge in [-0.05, 0) is 226 Å². The molecule has 14 unspecified atom stereocenters. The van der Waals surface area contributed by atoms with Gasteiger partial charge >= 0.3 is 11.9 Å². The third-order valence-electron chi connectivity index (χ3n) is 22.6. The zero-order valence-electron chi connectivity index (χ0n) is 63.5. The fourth-order valence-electron chi connectivity index (χ4n) is 15.3. The Kier molecular flexibility index (Phi) is 28.1. The van der Waals surface area contributed by atoms with E-state index < -0.39 is 5.41 Å². The number of aromatic hydroxyl groups is 1. The van der Waals surface area contributed by atoms with Gasteiger partial charge in [-0.3, -0.25) is 9.59 Å². The smallest absolute Gasteiger partial charge is 0.311 e. The summed E-state index contributed by atoms with van der Waals surface area (Å²) in [5.41, 5.74) is 8.96. The molecule has 14 rings (SSSR count). The lowest BCUT2D eigenvalue weighted by atomic mass is 9.84. The molecule has 546 valence electrons. The van der Waals surface area contributed by atoms with Crippen molar-refractivity contribution in [2.75, 3.05) is 6.61 Å². The Morgan fingerprint density at radius 1 is 0.573 bits per heavy atom. The van der Waals surface area contributed by atoms with Crippen LogP contribution in [0.5, 0.6) is 17.2 Å². The highest BCUT2D eigenvalue weighted by Gasteiger charge is 2.63. The predicted octanol–water partition coefficient (Wildman–Crippen LogP) is 23.3. The van der Waals surface area contributed by atoms with Crippen LogP contribution in [-0.2, 0) is 39.4 Å². The van der Waals surface area contributed by atoms with Gasteiger partial charge in [0, 0.05) is 30.1 Å². The first-order valence-corrected chi connectivity index (χ1v) is 39.8. The van der Waals surface area contributed by atoms with Crippen LogP contribution in [-0.4, -0.2) is 54.5 Å². The number of carbonyl (C=O) groups is 2. The molecule has 6 aliphatic rings. The fraction of sp³-hybridized carbons (Fsp3) is 0.441. The van der Waals surface area contributed by atoms with Crippen molar-refractivity contribution in [2.24, 2.45) is 46.8 Å². The van der Waals surface area contributed by atoms with Gasteiger partial charge in [0.25, 0.3) is 0 Å². The highest BCUT2D eigenvalue weighted by atomic mass is 32.2. The molecule has 1 heterocycles. The number of rotatable bonds is 25. The molecule has 0 amide bonds. The van der Waals surface area contributed by atoms with E-state index in [0.29, 0.717) is 65.6 Å². The SMILES string of the molecule is CCC(C)(C)C(=O)OC1C2CC3C(=O)OC1C3C2.CCC(C)c1ccc(O)cc1.CCC(C)c1ccc(OC(OC(C)C)C2C3C=CC(C3)C2C)cc1.CCCCC(OCC1c2ccccc2-c2ccccc21)Oc1ccc(C(C)CC)cc1.c1ccc([S+](c2ccccc2)c2ccccc2)cc1. The topological polar surface area (TPSA) is 110 Å². The predicted molar refractivity (Wildman–Crippen MR) is 420 cm³/mol. The Hall–Kier alpha value is -7.89. The number of unbranched alkanes of at least 4 members (excludes halogenated alkanes) is 1. The van der Waals surface area contributed by atoms with Gasteiger partial charge < -0.3 is 33.5 Å². The summed E-state index contributed by atoms with van der Waals surface area (Å²) in [5.74, 6) is 7.02. The van der Waals surface area contributed by atoms with E-state index in [-0.39, 0.29) is 65.6 Å². The third kappa shape index (κ3) is 19.7. The summed E-state index contributed by atoms with van der Waals surface area (Å²) in [6.45, 7) is 28.5. The van der Waals surface area contributed by atoms with Gasteiger partial charge in [0.15, 0.2) is 21.0 Å². The molecule has 0 radical (unpaired) electrons. The molecule has 0 spiro atoms. The van der Waals surface area contributed by atoms with E-state index in [0.717, 1.165) is 69.3 Å². The highest BCUT2D eigenvalue weighted by Crippen LogP contribution is 2.56. The molecular weight excluding hydrogens is 1290 g/mol. The highest BCUT2D eigenvalue weighted by molar-refractivity contribution is 7.97. The number of hydrogen-bond donors (Lipinski definition) is 1. The van der Waals surface area contributed by atoms with Crippen molar-refractivity contribution in [3.63, 3.8) is 0 Å². The first kappa shape index (κ1) is 77.7. The number of esters is 2. The third-order valence-corrected chi connectivity index (χ3v) is 24.8. The number of phenols is 1. The van der Waals surface area contributed by atoms with Crippen LogP contribution in [0.4, 0.5) is 0 Å². The Labute approximate surface area is 619 Å². The Morgan fingerprint density at radius 2 is 1.04 bits per heavy atom. The normalized spacial score (nSPS) is 22.1. The molecule has 8 aromatic rings. The minimum atomic E-state index is -0.455. The van der Waals surface area contributed by atoms with E-state index >= 15 is 0 Å². The molecule has 1 aliphatic heterocycles. The molecule has 4 bridgehead atoms. The average molecular weight is 1410 g/mol. The van der Waals surface area contributed by atoms with Crippen molar-refractivity contribution in [2.45, 2.75) is 223 Å². The second-order valence-corrected chi connectivity index (χ2v) is 32.2. The summed E-state index contributed by atoms with van der Waals surface area (Å²) in [4.78, 5) is 27.8. The van der Waals surface area contributed by atoms with Crippen molar-refractivity contribution in [3.8, 4) is 28.4 Å². The van der Waals surface area contributed by atoms with Gasteiger partial charge in [-0.25, -0.2) is 0 Å². The van der Waals surface area contributed by atoms with Gasteiger partial charge in [-0.1, -0.05) is 220 Å². The molecule has 3 saturated carbocycles. The van der Waals surface area contributed by atoms with Crippen LogP contribution in [0.15, 0.2) is 239 Å². The fourth-order valence-corrected chi connectivity index (χ4v) is 17.4. The van der Waals surface area contributed by atoms with E-state index in [1.807, 2.05) is 32.9 Å². The van der Waals surface area contributed by atoms with Gasteiger partial charge in [0.05, 0.1) is 34.9 Å². The lowest BCUT2D eigenvalue weighted by Crippen LogP contribution is -2.39. The molecule has 10 heteroatoms. The van der Waals surface area contributed by atoms with Crippen molar-refractivity contribution >= 4 is 22.8 Å². The van der Waals surface area contributed by atoms with Crippen LogP contribution in [0.25, 0.3) is 11.1 Å². The van der Waals surface area contributed by atoms with Crippen LogP contribution in [0.3, 0.4) is 0 Å². The number of allylic oxidation sites excluding steroid dienone is 2. The molecule has 0 aromatic heterocycles. The van der Waals surface area contributed by atoms with E-state index in [4.69, 9.17) is 33.5 Å². The van der Waals surface area contributed by atoms with Gasteiger partial charge in [-0.2, -0.15) is 0 Å². The molecule has 8 aromatic carbocycles. The number of phenolic OH excluding ortho intramolecular Hbond substituents is 1. The van der Waals surface area contributed by atoms with Crippen LogP contribution in [0, 0.1) is 46.8 Å². The average Bonchev–Trinajstić information content (AvgIpc) is 1.57. The van der Waals surface area contributed by atoms with Gasteiger partial charge in [0.2, 0.25) is 6.29 Å². The van der Waals surface area contributed by atoms with Crippen LogP contribution < -0.4 is 9.47 Å². The summed E-state index contributed by atoms with van der Waals surface area (Å²) >= 11 is 0. The van der Waals surface area contributed by atoms with Crippen molar-refractivity contribution in [1.29, 1.82) is 0 Å². The summed E-state index contributed by atoms with van der Waals surface area (Å²) in [6, 6.07) is 74.1. The van der Waals surface area contributed by atoms with Crippen molar-refractivity contribution < 1.29 is 43.1 Å². The number of ether oxygens (including phenoxy) is 6. The first-order chi connectivity index (χ1) is 49.8. The van der Waals surface area contributed by atoms with Crippen molar-refractivity contribution in [3.05, 3.63) is 252 Å². The quantitative estimate of drug-likeness (QED) is 0.0259. The van der Waals surface area contributed by atoms with Gasteiger partial charge in [-0.15, -0.1) is 0 Å². The zero-order chi connectivity index (χ0) is 73.2. The molecule has 1 saturated heterocycles.